The van der Waals surface area contributed by atoms with Gasteiger partial charge in [-0.25, -0.2) is 0 Å². The van der Waals surface area contributed by atoms with E-state index in [1.165, 1.54) is 17.8 Å². The summed E-state index contributed by atoms with van der Waals surface area (Å²) < 4.78 is 0. The van der Waals surface area contributed by atoms with Crippen LogP contribution in [0.2, 0.25) is 0 Å². The molecule has 0 aliphatic carbocycles. The number of carbonyl (C=O) groups excluding carboxylic acids is 1. The number of benzene rings is 1. The molecule has 0 heterocycles. The molecule has 0 spiro atoms. The minimum Gasteiger partial charge on any atom is -0.303 e. The number of carbonyl (C=O) groups is 1. The SMILES string of the molecule is CSc1ccc(C(C)C=O)c([N+](=O)[O-])c1. The fourth-order valence-corrected chi connectivity index (χ4v) is 1.70. The second kappa shape index (κ2) is 4.93. The van der Waals surface area contributed by atoms with Crippen LogP contribution in [0, 0.1) is 10.1 Å². The maximum atomic E-state index is 10.8. The minimum absolute atomic E-state index is 0.0152. The Bertz CT molecular complexity index is 392. The quantitative estimate of drug-likeness (QED) is 0.342. The Hall–Kier alpha value is -1.36. The molecule has 0 bridgehead atoms. The lowest BCUT2D eigenvalue weighted by Crippen LogP contribution is -2.00. The van der Waals surface area contributed by atoms with E-state index in [2.05, 4.69) is 0 Å². The maximum Gasteiger partial charge on any atom is 0.274 e. The monoisotopic (exact) mass is 225 g/mol. The molecule has 1 aromatic rings. The number of aldehydes is 1. The average molecular weight is 225 g/mol. The van der Waals surface area contributed by atoms with Crippen LogP contribution in [0.3, 0.4) is 0 Å². The predicted octanol–water partition coefficient (Wildman–Crippen LogP) is 2.62. The number of nitro groups is 1. The molecule has 0 fully saturated rings. The van der Waals surface area contributed by atoms with Crippen molar-refractivity contribution in [3.63, 3.8) is 0 Å². The minimum atomic E-state index is -0.449. The van der Waals surface area contributed by atoms with Crippen LogP contribution < -0.4 is 0 Å². The Balaban J connectivity index is 3.26. The van der Waals surface area contributed by atoms with Crippen LogP contribution in [0.1, 0.15) is 18.4 Å². The summed E-state index contributed by atoms with van der Waals surface area (Å²) in [5.74, 6) is -0.443. The fourth-order valence-electron chi connectivity index (χ4n) is 1.27. The first kappa shape index (κ1) is 11.7. The lowest BCUT2D eigenvalue weighted by Gasteiger charge is -2.06. The van der Waals surface area contributed by atoms with Crippen molar-refractivity contribution in [1.82, 2.24) is 0 Å². The third kappa shape index (κ3) is 2.56. The Labute approximate surface area is 91.8 Å². The van der Waals surface area contributed by atoms with E-state index in [4.69, 9.17) is 0 Å². The van der Waals surface area contributed by atoms with E-state index in [0.717, 1.165) is 4.90 Å². The van der Waals surface area contributed by atoms with Gasteiger partial charge in [-0.05, 0) is 12.3 Å². The van der Waals surface area contributed by atoms with Crippen molar-refractivity contribution < 1.29 is 9.72 Å². The highest BCUT2D eigenvalue weighted by atomic mass is 32.2. The summed E-state index contributed by atoms with van der Waals surface area (Å²) in [6.45, 7) is 1.65. The van der Waals surface area contributed by atoms with Gasteiger partial charge in [0.05, 0.1) is 4.92 Å². The van der Waals surface area contributed by atoms with E-state index in [1.54, 1.807) is 19.1 Å². The lowest BCUT2D eigenvalue weighted by atomic mass is 10.0. The third-order valence-electron chi connectivity index (χ3n) is 2.13. The van der Waals surface area contributed by atoms with E-state index in [-0.39, 0.29) is 5.69 Å². The molecule has 0 radical (unpaired) electrons. The number of nitro benzene ring substituents is 1. The summed E-state index contributed by atoms with van der Waals surface area (Å²) in [7, 11) is 0. The van der Waals surface area contributed by atoms with Crippen molar-refractivity contribution in [3.05, 3.63) is 33.9 Å². The molecule has 0 saturated carbocycles. The van der Waals surface area contributed by atoms with Crippen LogP contribution >= 0.6 is 11.8 Å². The lowest BCUT2D eigenvalue weighted by molar-refractivity contribution is -0.385. The molecule has 1 rings (SSSR count). The summed E-state index contributed by atoms with van der Waals surface area (Å²) in [6, 6.07) is 4.93. The molecular formula is C10H11NO3S. The van der Waals surface area contributed by atoms with Gasteiger partial charge in [-0.2, -0.15) is 0 Å². The van der Waals surface area contributed by atoms with Gasteiger partial charge >= 0.3 is 0 Å². The molecule has 15 heavy (non-hydrogen) atoms. The molecule has 0 aliphatic heterocycles. The molecule has 0 aliphatic rings. The average Bonchev–Trinajstić information content (AvgIpc) is 2.27. The number of hydrogen-bond acceptors (Lipinski definition) is 4. The molecular weight excluding hydrogens is 214 g/mol. The highest BCUT2D eigenvalue weighted by Crippen LogP contribution is 2.29. The maximum absolute atomic E-state index is 10.8. The summed E-state index contributed by atoms with van der Waals surface area (Å²) >= 11 is 1.44. The highest BCUT2D eigenvalue weighted by Gasteiger charge is 2.18. The Morgan fingerprint density at radius 2 is 2.20 bits per heavy atom. The van der Waals surface area contributed by atoms with E-state index in [9.17, 15) is 14.9 Å². The van der Waals surface area contributed by atoms with Gasteiger partial charge in [0.1, 0.15) is 6.29 Å². The zero-order chi connectivity index (χ0) is 11.4. The van der Waals surface area contributed by atoms with Crippen LogP contribution in [0.4, 0.5) is 5.69 Å². The number of rotatable bonds is 4. The zero-order valence-electron chi connectivity index (χ0n) is 8.47. The molecule has 0 aromatic heterocycles. The van der Waals surface area contributed by atoms with Gasteiger partial charge in [0.2, 0.25) is 0 Å². The topological polar surface area (TPSA) is 60.2 Å². The molecule has 80 valence electrons. The molecule has 4 nitrogen and oxygen atoms in total. The molecule has 0 saturated heterocycles. The van der Waals surface area contributed by atoms with Crippen molar-refractivity contribution in [1.29, 1.82) is 0 Å². The Morgan fingerprint density at radius 3 is 2.67 bits per heavy atom. The first-order valence-corrected chi connectivity index (χ1v) is 5.60. The summed E-state index contributed by atoms with van der Waals surface area (Å²) in [4.78, 5) is 21.8. The highest BCUT2D eigenvalue weighted by molar-refractivity contribution is 7.98. The summed E-state index contributed by atoms with van der Waals surface area (Å²) in [5, 5.41) is 10.8. The predicted molar refractivity (Wildman–Crippen MR) is 59.4 cm³/mol. The molecule has 5 heteroatoms. The summed E-state index contributed by atoms with van der Waals surface area (Å²) in [5.41, 5.74) is 0.481. The number of thioether (sulfide) groups is 1. The third-order valence-corrected chi connectivity index (χ3v) is 2.85. The van der Waals surface area contributed by atoms with Crippen LogP contribution in [-0.2, 0) is 4.79 Å². The van der Waals surface area contributed by atoms with Crippen molar-refractivity contribution in [3.8, 4) is 0 Å². The van der Waals surface area contributed by atoms with Gasteiger partial charge in [0, 0.05) is 22.4 Å². The molecule has 0 amide bonds. The smallest absolute Gasteiger partial charge is 0.274 e. The Morgan fingerprint density at radius 1 is 1.53 bits per heavy atom. The molecule has 1 unspecified atom stereocenters. The van der Waals surface area contributed by atoms with Crippen molar-refractivity contribution >= 4 is 23.7 Å². The van der Waals surface area contributed by atoms with E-state index in [0.29, 0.717) is 11.8 Å². The van der Waals surface area contributed by atoms with Gasteiger partial charge in [0.15, 0.2) is 0 Å². The normalized spacial score (nSPS) is 12.1. The molecule has 1 aromatic carbocycles. The van der Waals surface area contributed by atoms with Crippen molar-refractivity contribution in [2.24, 2.45) is 0 Å². The molecule has 1 atom stereocenters. The van der Waals surface area contributed by atoms with Gasteiger partial charge in [-0.1, -0.05) is 13.0 Å². The van der Waals surface area contributed by atoms with Crippen molar-refractivity contribution in [2.45, 2.75) is 17.7 Å². The van der Waals surface area contributed by atoms with Crippen molar-refractivity contribution in [2.75, 3.05) is 6.26 Å². The van der Waals surface area contributed by atoms with E-state index < -0.39 is 10.8 Å². The second-order valence-corrected chi connectivity index (χ2v) is 3.99. The number of nitrogens with zero attached hydrogens (tertiary/aromatic N) is 1. The first-order valence-electron chi connectivity index (χ1n) is 4.37. The standard InChI is InChI=1S/C10H11NO3S/c1-7(6-12)9-4-3-8(15-2)5-10(9)11(13)14/h3-7H,1-2H3. The number of hydrogen-bond donors (Lipinski definition) is 0. The van der Waals surface area contributed by atoms with Gasteiger partial charge in [-0.15, -0.1) is 11.8 Å². The van der Waals surface area contributed by atoms with Crippen LogP contribution in [-0.4, -0.2) is 17.5 Å². The Kier molecular flexibility index (Phi) is 3.85. The van der Waals surface area contributed by atoms with E-state index >= 15 is 0 Å². The van der Waals surface area contributed by atoms with Crippen LogP contribution in [0.5, 0.6) is 0 Å². The summed E-state index contributed by atoms with van der Waals surface area (Å²) in [6.07, 6.45) is 2.56. The van der Waals surface area contributed by atoms with Crippen LogP contribution in [0.25, 0.3) is 0 Å². The van der Waals surface area contributed by atoms with Gasteiger partial charge < -0.3 is 4.79 Å². The second-order valence-electron chi connectivity index (χ2n) is 3.11. The van der Waals surface area contributed by atoms with Gasteiger partial charge in [0.25, 0.3) is 5.69 Å². The molecule has 0 N–H and O–H groups in total. The van der Waals surface area contributed by atoms with Gasteiger partial charge in [-0.3, -0.25) is 10.1 Å². The first-order chi connectivity index (χ1) is 7.10. The van der Waals surface area contributed by atoms with Crippen LogP contribution in [0.15, 0.2) is 23.1 Å². The fraction of sp³-hybridized carbons (Fsp3) is 0.300. The zero-order valence-corrected chi connectivity index (χ0v) is 9.28. The van der Waals surface area contributed by atoms with E-state index in [1.807, 2.05) is 6.26 Å². The largest absolute Gasteiger partial charge is 0.303 e.